The van der Waals surface area contributed by atoms with Crippen molar-refractivity contribution < 1.29 is 9.59 Å². The standard InChI is InChI=1S/C20H20N6O2/c27-19(14-6-5-9-16(12-14)26-13-21-24-25-26)23-18-11-4-3-10-17(18)20(28)22-15-7-1-2-8-15/h3-6,9-13,15H,1-2,7-8H2,(H,22,28)(H,23,27). The number of aromatic nitrogens is 4. The third kappa shape index (κ3) is 3.90. The normalized spacial score (nSPS) is 14.0. The molecule has 0 unspecified atom stereocenters. The van der Waals surface area contributed by atoms with E-state index in [1.165, 1.54) is 11.0 Å². The maximum Gasteiger partial charge on any atom is 0.255 e. The number of nitrogens with one attached hydrogen (secondary N) is 2. The second kappa shape index (κ2) is 7.99. The molecule has 0 radical (unpaired) electrons. The van der Waals surface area contributed by atoms with Crippen LogP contribution >= 0.6 is 0 Å². The summed E-state index contributed by atoms with van der Waals surface area (Å²) in [6.45, 7) is 0. The first-order valence-corrected chi connectivity index (χ1v) is 9.25. The highest BCUT2D eigenvalue weighted by molar-refractivity contribution is 6.09. The molecule has 0 aliphatic heterocycles. The summed E-state index contributed by atoms with van der Waals surface area (Å²) in [4.78, 5) is 25.4. The van der Waals surface area contributed by atoms with Crippen LogP contribution in [0, 0.1) is 0 Å². The monoisotopic (exact) mass is 376 g/mol. The lowest BCUT2D eigenvalue weighted by Gasteiger charge is -2.15. The van der Waals surface area contributed by atoms with Crippen LogP contribution in [0.3, 0.4) is 0 Å². The Kier molecular flexibility index (Phi) is 5.09. The maximum absolute atomic E-state index is 12.8. The summed E-state index contributed by atoms with van der Waals surface area (Å²) in [5, 5.41) is 16.9. The van der Waals surface area contributed by atoms with Crippen LogP contribution in [0.2, 0.25) is 0 Å². The van der Waals surface area contributed by atoms with Crippen molar-refractivity contribution >= 4 is 17.5 Å². The van der Waals surface area contributed by atoms with E-state index in [9.17, 15) is 9.59 Å². The molecule has 8 heteroatoms. The third-order valence-electron chi connectivity index (χ3n) is 4.83. The molecule has 4 rings (SSSR count). The van der Waals surface area contributed by atoms with Crippen LogP contribution in [-0.2, 0) is 0 Å². The number of anilines is 1. The van der Waals surface area contributed by atoms with Gasteiger partial charge in [0.2, 0.25) is 0 Å². The highest BCUT2D eigenvalue weighted by Gasteiger charge is 2.20. The molecule has 142 valence electrons. The second-order valence-corrected chi connectivity index (χ2v) is 6.76. The molecule has 3 aromatic rings. The van der Waals surface area contributed by atoms with Gasteiger partial charge in [0, 0.05) is 11.6 Å². The van der Waals surface area contributed by atoms with Crippen molar-refractivity contribution in [2.75, 3.05) is 5.32 Å². The van der Waals surface area contributed by atoms with Gasteiger partial charge >= 0.3 is 0 Å². The molecule has 28 heavy (non-hydrogen) atoms. The first kappa shape index (κ1) is 17.8. The Hall–Kier alpha value is -3.55. The van der Waals surface area contributed by atoms with E-state index in [2.05, 4.69) is 26.2 Å². The summed E-state index contributed by atoms with van der Waals surface area (Å²) in [5.41, 5.74) is 2.05. The smallest absolute Gasteiger partial charge is 0.255 e. The Bertz CT molecular complexity index is 980. The summed E-state index contributed by atoms with van der Waals surface area (Å²) in [7, 11) is 0. The molecule has 0 spiro atoms. The van der Waals surface area contributed by atoms with Crippen molar-refractivity contribution in [2.45, 2.75) is 31.7 Å². The maximum atomic E-state index is 12.8. The van der Waals surface area contributed by atoms with Gasteiger partial charge in [-0.1, -0.05) is 31.0 Å². The third-order valence-corrected chi connectivity index (χ3v) is 4.83. The predicted octanol–water partition coefficient (Wildman–Crippen LogP) is 2.59. The molecule has 2 amide bonds. The Balaban J connectivity index is 1.52. The number of amides is 2. The number of nitrogens with zero attached hydrogens (tertiary/aromatic N) is 4. The van der Waals surface area contributed by atoms with Gasteiger partial charge in [-0.2, -0.15) is 0 Å². The Morgan fingerprint density at radius 1 is 1.00 bits per heavy atom. The lowest BCUT2D eigenvalue weighted by molar-refractivity contribution is 0.0939. The number of para-hydroxylation sites is 1. The molecular formula is C20H20N6O2. The molecule has 2 aromatic carbocycles. The van der Waals surface area contributed by atoms with Gasteiger partial charge in [-0.05, 0) is 53.6 Å². The minimum Gasteiger partial charge on any atom is -0.349 e. The van der Waals surface area contributed by atoms with Crippen LogP contribution < -0.4 is 10.6 Å². The lowest BCUT2D eigenvalue weighted by Crippen LogP contribution is -2.33. The van der Waals surface area contributed by atoms with Crippen LogP contribution in [0.1, 0.15) is 46.4 Å². The molecule has 1 fully saturated rings. The lowest BCUT2D eigenvalue weighted by atomic mass is 10.1. The molecule has 1 aliphatic rings. The molecule has 8 nitrogen and oxygen atoms in total. The second-order valence-electron chi connectivity index (χ2n) is 6.76. The van der Waals surface area contributed by atoms with Crippen LogP contribution in [0.4, 0.5) is 5.69 Å². The molecule has 0 saturated heterocycles. The highest BCUT2D eigenvalue weighted by atomic mass is 16.2. The average molecular weight is 376 g/mol. The van der Waals surface area contributed by atoms with Crippen LogP contribution in [0.25, 0.3) is 5.69 Å². The summed E-state index contributed by atoms with van der Waals surface area (Å²) in [6.07, 6.45) is 5.75. The summed E-state index contributed by atoms with van der Waals surface area (Å²) in [6, 6.07) is 14.2. The van der Waals surface area contributed by atoms with E-state index in [-0.39, 0.29) is 17.9 Å². The summed E-state index contributed by atoms with van der Waals surface area (Å²) in [5.74, 6) is -0.471. The number of tetrazole rings is 1. The molecule has 0 bridgehead atoms. The van der Waals surface area contributed by atoms with Gasteiger partial charge in [0.25, 0.3) is 11.8 Å². The fourth-order valence-electron chi connectivity index (χ4n) is 3.39. The molecule has 2 N–H and O–H groups in total. The van der Waals surface area contributed by atoms with E-state index in [0.29, 0.717) is 22.5 Å². The number of rotatable bonds is 5. The zero-order valence-electron chi connectivity index (χ0n) is 15.2. The van der Waals surface area contributed by atoms with Crippen molar-refractivity contribution in [3.8, 4) is 5.69 Å². The van der Waals surface area contributed by atoms with Crippen LogP contribution in [-0.4, -0.2) is 38.1 Å². The van der Waals surface area contributed by atoms with Crippen molar-refractivity contribution in [3.63, 3.8) is 0 Å². The van der Waals surface area contributed by atoms with Crippen LogP contribution in [0.5, 0.6) is 0 Å². The van der Waals surface area contributed by atoms with Gasteiger partial charge in [-0.25, -0.2) is 4.68 Å². The van der Waals surface area contributed by atoms with E-state index < -0.39 is 0 Å². The minimum atomic E-state index is -0.309. The molecule has 1 heterocycles. The van der Waals surface area contributed by atoms with E-state index in [4.69, 9.17) is 0 Å². The predicted molar refractivity (Wildman–Crippen MR) is 103 cm³/mol. The van der Waals surface area contributed by atoms with Crippen molar-refractivity contribution in [1.82, 2.24) is 25.5 Å². The summed E-state index contributed by atoms with van der Waals surface area (Å²) < 4.78 is 1.47. The molecule has 1 aromatic heterocycles. The Morgan fingerprint density at radius 3 is 2.61 bits per heavy atom. The molecule has 0 atom stereocenters. The quantitative estimate of drug-likeness (QED) is 0.713. The van der Waals surface area contributed by atoms with Crippen LogP contribution in [0.15, 0.2) is 54.9 Å². The number of carbonyl (C=O) groups is 2. The van der Waals surface area contributed by atoms with E-state index in [1.807, 2.05) is 0 Å². The molecular weight excluding hydrogens is 356 g/mol. The van der Waals surface area contributed by atoms with Gasteiger partial charge < -0.3 is 10.6 Å². The topological polar surface area (TPSA) is 102 Å². The van der Waals surface area contributed by atoms with E-state index in [0.717, 1.165) is 25.7 Å². The summed E-state index contributed by atoms with van der Waals surface area (Å²) >= 11 is 0. The number of benzene rings is 2. The zero-order valence-corrected chi connectivity index (χ0v) is 15.2. The number of hydrogen-bond acceptors (Lipinski definition) is 5. The fraction of sp³-hybridized carbons (Fsp3) is 0.250. The Morgan fingerprint density at radius 2 is 1.82 bits per heavy atom. The average Bonchev–Trinajstić information content (AvgIpc) is 3.43. The van der Waals surface area contributed by atoms with Gasteiger partial charge in [-0.3, -0.25) is 9.59 Å². The number of carbonyl (C=O) groups excluding carboxylic acids is 2. The number of hydrogen-bond donors (Lipinski definition) is 2. The minimum absolute atomic E-state index is 0.162. The fourth-order valence-corrected chi connectivity index (χ4v) is 3.39. The first-order valence-electron chi connectivity index (χ1n) is 9.25. The van der Waals surface area contributed by atoms with Crippen molar-refractivity contribution in [1.29, 1.82) is 0 Å². The van der Waals surface area contributed by atoms with Gasteiger partial charge in [0.15, 0.2) is 0 Å². The van der Waals surface area contributed by atoms with Crippen molar-refractivity contribution in [3.05, 3.63) is 66.0 Å². The first-order chi connectivity index (χ1) is 13.7. The molecule has 1 saturated carbocycles. The van der Waals surface area contributed by atoms with Gasteiger partial charge in [0.05, 0.1) is 16.9 Å². The highest BCUT2D eigenvalue weighted by Crippen LogP contribution is 2.21. The molecule has 1 aliphatic carbocycles. The SMILES string of the molecule is O=C(Nc1ccccc1C(=O)NC1CCCC1)c1cccc(-n2cnnn2)c1. The zero-order chi connectivity index (χ0) is 19.3. The van der Waals surface area contributed by atoms with Gasteiger partial charge in [-0.15, -0.1) is 5.10 Å². The van der Waals surface area contributed by atoms with E-state index in [1.54, 1.807) is 48.5 Å². The van der Waals surface area contributed by atoms with E-state index >= 15 is 0 Å². The largest absolute Gasteiger partial charge is 0.349 e. The Labute approximate surface area is 162 Å². The van der Waals surface area contributed by atoms with Crippen molar-refractivity contribution in [2.24, 2.45) is 0 Å². The van der Waals surface area contributed by atoms with Gasteiger partial charge in [0.1, 0.15) is 6.33 Å².